The second-order valence-electron chi connectivity index (χ2n) is 7.79. The lowest BCUT2D eigenvalue weighted by Gasteiger charge is -2.33. The summed E-state index contributed by atoms with van der Waals surface area (Å²) in [5, 5.41) is 8.92. The van der Waals surface area contributed by atoms with Crippen molar-refractivity contribution in [1.29, 1.82) is 0 Å². The normalized spacial score (nSPS) is 29.3. The van der Waals surface area contributed by atoms with Gasteiger partial charge in [0.1, 0.15) is 0 Å². The Morgan fingerprint density at radius 2 is 1.96 bits per heavy atom. The Bertz CT molecular complexity index is 663. The highest BCUT2D eigenvalue weighted by molar-refractivity contribution is 5.85. The first kappa shape index (κ1) is 15.7. The number of benzene rings is 1. The molecule has 128 valence electrons. The molecule has 1 heterocycles. The van der Waals surface area contributed by atoms with Crippen LogP contribution in [-0.4, -0.2) is 35.0 Å². The number of fused-ring (bicyclic) bond motifs is 2. The molecule has 2 fully saturated rings. The molecule has 1 aromatic rings. The SMILES string of the molecule is O=C(O)CC1CCN(C(=O)C2CC23CCCc2ccccc23)CC1. The molecule has 24 heavy (non-hydrogen) atoms. The number of hydrogen-bond donors (Lipinski definition) is 1. The molecule has 3 aliphatic rings. The van der Waals surface area contributed by atoms with Gasteiger partial charge in [-0.25, -0.2) is 0 Å². The van der Waals surface area contributed by atoms with Gasteiger partial charge >= 0.3 is 5.97 Å². The van der Waals surface area contributed by atoms with E-state index in [-0.39, 0.29) is 23.7 Å². The van der Waals surface area contributed by atoms with Crippen LogP contribution in [0.15, 0.2) is 24.3 Å². The zero-order valence-electron chi connectivity index (χ0n) is 14.0. The lowest BCUT2D eigenvalue weighted by molar-refractivity contribution is -0.139. The Morgan fingerprint density at radius 3 is 2.71 bits per heavy atom. The van der Waals surface area contributed by atoms with Crippen molar-refractivity contribution in [2.75, 3.05) is 13.1 Å². The molecule has 4 rings (SSSR count). The number of hydrogen-bond acceptors (Lipinski definition) is 2. The van der Waals surface area contributed by atoms with E-state index >= 15 is 0 Å². The third-order valence-electron chi connectivity index (χ3n) is 6.39. The van der Waals surface area contributed by atoms with Gasteiger partial charge in [0, 0.05) is 30.8 Å². The average molecular weight is 327 g/mol. The van der Waals surface area contributed by atoms with Gasteiger partial charge in [-0.1, -0.05) is 24.3 Å². The number of carbonyl (C=O) groups excluding carboxylic acids is 1. The number of nitrogens with zero attached hydrogens (tertiary/aromatic N) is 1. The zero-order valence-corrected chi connectivity index (χ0v) is 14.0. The smallest absolute Gasteiger partial charge is 0.303 e. The van der Waals surface area contributed by atoms with E-state index in [4.69, 9.17) is 5.11 Å². The van der Waals surface area contributed by atoms with Gasteiger partial charge in [-0.05, 0) is 55.6 Å². The Hall–Kier alpha value is -1.84. The molecule has 4 heteroatoms. The molecule has 2 aliphatic carbocycles. The lowest BCUT2D eigenvalue weighted by Crippen LogP contribution is -2.41. The van der Waals surface area contributed by atoms with Crippen molar-refractivity contribution in [1.82, 2.24) is 4.90 Å². The molecule has 2 atom stereocenters. The van der Waals surface area contributed by atoms with E-state index in [1.807, 2.05) is 4.90 Å². The standard InChI is InChI=1S/C20H25NO3/c22-18(23)12-14-7-10-21(11-8-14)19(24)17-13-20(17)9-3-5-15-4-1-2-6-16(15)20/h1-2,4,6,14,17H,3,5,7-13H2,(H,22,23). The van der Waals surface area contributed by atoms with Crippen molar-refractivity contribution in [2.45, 2.75) is 50.4 Å². The highest BCUT2D eigenvalue weighted by atomic mass is 16.4. The molecular weight excluding hydrogens is 302 g/mol. The van der Waals surface area contributed by atoms with E-state index in [1.165, 1.54) is 17.5 Å². The third-order valence-corrected chi connectivity index (χ3v) is 6.39. The fraction of sp³-hybridized carbons (Fsp3) is 0.600. The summed E-state index contributed by atoms with van der Waals surface area (Å²) in [4.78, 5) is 25.8. The number of rotatable bonds is 3. The van der Waals surface area contributed by atoms with Gasteiger partial charge in [0.05, 0.1) is 0 Å². The summed E-state index contributed by atoms with van der Waals surface area (Å²) in [7, 11) is 0. The molecule has 2 unspecified atom stereocenters. The summed E-state index contributed by atoms with van der Waals surface area (Å²) in [5.74, 6) is -0.0368. The molecule has 0 radical (unpaired) electrons. The van der Waals surface area contributed by atoms with Crippen LogP contribution in [0.4, 0.5) is 0 Å². The summed E-state index contributed by atoms with van der Waals surface area (Å²) >= 11 is 0. The van der Waals surface area contributed by atoms with Crippen LogP contribution in [0.2, 0.25) is 0 Å². The van der Waals surface area contributed by atoms with Crippen molar-refractivity contribution >= 4 is 11.9 Å². The van der Waals surface area contributed by atoms with Gasteiger partial charge in [-0.3, -0.25) is 9.59 Å². The van der Waals surface area contributed by atoms with E-state index < -0.39 is 5.97 Å². The highest BCUT2D eigenvalue weighted by Gasteiger charge is 2.60. The van der Waals surface area contributed by atoms with Crippen molar-refractivity contribution in [3.8, 4) is 0 Å². The van der Waals surface area contributed by atoms with Crippen molar-refractivity contribution in [2.24, 2.45) is 11.8 Å². The van der Waals surface area contributed by atoms with Crippen molar-refractivity contribution < 1.29 is 14.7 Å². The third kappa shape index (κ3) is 2.62. The summed E-state index contributed by atoms with van der Waals surface area (Å²) in [5.41, 5.74) is 2.94. The predicted molar refractivity (Wildman–Crippen MR) is 90.7 cm³/mol. The molecular formula is C20H25NO3. The minimum absolute atomic E-state index is 0.101. The second kappa shape index (κ2) is 5.91. The highest BCUT2D eigenvalue weighted by Crippen LogP contribution is 2.60. The van der Waals surface area contributed by atoms with E-state index in [9.17, 15) is 9.59 Å². The predicted octanol–water partition coefficient (Wildman–Crippen LogP) is 2.99. The Balaban J connectivity index is 1.42. The number of likely N-dealkylation sites (tertiary alicyclic amines) is 1. The number of aryl methyl sites for hydroxylation is 1. The number of carboxylic acids is 1. The van der Waals surface area contributed by atoms with Gasteiger partial charge in [-0.15, -0.1) is 0 Å². The number of amides is 1. The van der Waals surface area contributed by atoms with Crippen LogP contribution in [0.1, 0.15) is 49.7 Å². The number of piperidine rings is 1. The van der Waals surface area contributed by atoms with E-state index in [0.29, 0.717) is 5.91 Å². The van der Waals surface area contributed by atoms with Crippen LogP contribution < -0.4 is 0 Å². The van der Waals surface area contributed by atoms with Gasteiger partial charge in [-0.2, -0.15) is 0 Å². The van der Waals surface area contributed by atoms with Gasteiger partial charge in [0.15, 0.2) is 0 Å². The topological polar surface area (TPSA) is 57.6 Å². The molecule has 1 saturated heterocycles. The molecule has 1 aromatic carbocycles. The Morgan fingerprint density at radius 1 is 1.21 bits per heavy atom. The summed E-state index contributed by atoms with van der Waals surface area (Å²) in [6.07, 6.45) is 6.35. The van der Waals surface area contributed by atoms with Crippen LogP contribution in [0.5, 0.6) is 0 Å². The maximum atomic E-state index is 13.0. The molecule has 0 aromatic heterocycles. The molecule has 0 bridgehead atoms. The molecule has 1 N–H and O–H groups in total. The maximum Gasteiger partial charge on any atom is 0.303 e. The second-order valence-corrected chi connectivity index (χ2v) is 7.79. The van der Waals surface area contributed by atoms with E-state index in [1.54, 1.807) is 0 Å². The van der Waals surface area contributed by atoms with Crippen LogP contribution >= 0.6 is 0 Å². The number of carboxylic acid groups (broad SMARTS) is 1. The number of carbonyl (C=O) groups is 2. The van der Waals surface area contributed by atoms with E-state index in [2.05, 4.69) is 24.3 Å². The van der Waals surface area contributed by atoms with E-state index in [0.717, 1.165) is 45.2 Å². The van der Waals surface area contributed by atoms with Crippen LogP contribution in [0.25, 0.3) is 0 Å². The number of aliphatic carboxylic acids is 1. The largest absolute Gasteiger partial charge is 0.481 e. The first-order valence-electron chi connectivity index (χ1n) is 9.19. The van der Waals surface area contributed by atoms with Crippen LogP contribution in [0, 0.1) is 11.8 Å². The van der Waals surface area contributed by atoms with Crippen molar-refractivity contribution in [3.05, 3.63) is 35.4 Å². The Labute approximate surface area is 142 Å². The van der Waals surface area contributed by atoms with Crippen molar-refractivity contribution in [3.63, 3.8) is 0 Å². The fourth-order valence-electron chi connectivity index (χ4n) is 4.98. The molecule has 1 amide bonds. The quantitative estimate of drug-likeness (QED) is 0.928. The van der Waals surface area contributed by atoms with Gasteiger partial charge in [0.2, 0.25) is 5.91 Å². The van der Waals surface area contributed by atoms with Crippen LogP contribution in [-0.2, 0) is 21.4 Å². The molecule has 1 spiro atoms. The zero-order chi connectivity index (χ0) is 16.7. The molecule has 4 nitrogen and oxygen atoms in total. The maximum absolute atomic E-state index is 13.0. The first-order valence-corrected chi connectivity index (χ1v) is 9.19. The van der Waals surface area contributed by atoms with Gasteiger partial charge in [0.25, 0.3) is 0 Å². The summed E-state index contributed by atoms with van der Waals surface area (Å²) in [6.45, 7) is 1.45. The summed E-state index contributed by atoms with van der Waals surface area (Å²) < 4.78 is 0. The molecule has 1 saturated carbocycles. The molecule has 1 aliphatic heterocycles. The average Bonchev–Trinajstić information content (AvgIpc) is 3.29. The monoisotopic (exact) mass is 327 g/mol. The summed E-state index contributed by atoms with van der Waals surface area (Å²) in [6, 6.07) is 8.64. The lowest BCUT2D eigenvalue weighted by atomic mass is 9.78. The van der Waals surface area contributed by atoms with Crippen LogP contribution in [0.3, 0.4) is 0 Å². The minimum Gasteiger partial charge on any atom is -0.481 e. The minimum atomic E-state index is -0.722. The fourth-order valence-corrected chi connectivity index (χ4v) is 4.98. The van der Waals surface area contributed by atoms with Gasteiger partial charge < -0.3 is 10.0 Å². The Kier molecular flexibility index (Phi) is 3.86. The first-order chi connectivity index (χ1) is 11.6.